The van der Waals surface area contributed by atoms with Crippen molar-refractivity contribution >= 4 is 11.8 Å². The number of aromatic nitrogens is 1. The Labute approximate surface area is 171 Å². The minimum Gasteiger partial charge on any atom is -0.376 e. The number of hydrogen-bond donors (Lipinski definition) is 0. The molecule has 4 rings (SSSR count). The summed E-state index contributed by atoms with van der Waals surface area (Å²) < 4.78 is 5.76. The van der Waals surface area contributed by atoms with E-state index in [0.717, 1.165) is 43.5 Å². The highest BCUT2D eigenvalue weighted by atomic mass is 16.5. The van der Waals surface area contributed by atoms with Crippen LogP contribution in [0.25, 0.3) is 0 Å². The van der Waals surface area contributed by atoms with Crippen molar-refractivity contribution in [2.45, 2.75) is 44.9 Å². The van der Waals surface area contributed by atoms with Crippen molar-refractivity contribution in [3.05, 3.63) is 65.5 Å². The first-order chi connectivity index (χ1) is 14.2. The Hall–Kier alpha value is -2.73. The van der Waals surface area contributed by atoms with E-state index in [-0.39, 0.29) is 17.9 Å². The van der Waals surface area contributed by atoms with Crippen LogP contribution in [0.3, 0.4) is 0 Å². The average Bonchev–Trinajstić information content (AvgIpc) is 3.40. The predicted octanol–water partition coefficient (Wildman–Crippen LogP) is 3.03. The molecular formula is C23H27N3O3. The molecule has 1 aromatic heterocycles. The van der Waals surface area contributed by atoms with Gasteiger partial charge in [0.1, 0.15) is 0 Å². The van der Waals surface area contributed by atoms with E-state index in [1.54, 1.807) is 12.4 Å². The number of nitrogens with zero attached hydrogens (tertiary/aromatic N) is 3. The van der Waals surface area contributed by atoms with Crippen molar-refractivity contribution in [1.82, 2.24) is 14.8 Å². The lowest BCUT2D eigenvalue weighted by Crippen LogP contribution is -2.37. The molecule has 6 heteroatoms. The first kappa shape index (κ1) is 19.6. The first-order valence-corrected chi connectivity index (χ1v) is 10.4. The molecule has 6 nitrogen and oxygen atoms in total. The van der Waals surface area contributed by atoms with Crippen LogP contribution in [0.2, 0.25) is 0 Å². The van der Waals surface area contributed by atoms with Crippen LogP contribution in [-0.4, -0.2) is 52.4 Å². The molecule has 0 spiro atoms. The van der Waals surface area contributed by atoms with Crippen LogP contribution in [0.5, 0.6) is 0 Å². The Kier molecular flexibility index (Phi) is 6.20. The Morgan fingerprint density at radius 3 is 2.69 bits per heavy atom. The van der Waals surface area contributed by atoms with Gasteiger partial charge in [0.05, 0.1) is 6.10 Å². The van der Waals surface area contributed by atoms with Crippen molar-refractivity contribution < 1.29 is 14.3 Å². The summed E-state index contributed by atoms with van der Waals surface area (Å²) in [6.45, 7) is 3.29. The van der Waals surface area contributed by atoms with Gasteiger partial charge in [-0.15, -0.1) is 0 Å². The van der Waals surface area contributed by atoms with Gasteiger partial charge in [0, 0.05) is 57.2 Å². The Balaban J connectivity index is 1.46. The van der Waals surface area contributed by atoms with E-state index in [9.17, 15) is 9.59 Å². The number of rotatable bonds is 7. The summed E-state index contributed by atoms with van der Waals surface area (Å²) in [4.78, 5) is 33.0. The van der Waals surface area contributed by atoms with Crippen molar-refractivity contribution in [2.75, 3.05) is 19.7 Å². The number of ether oxygens (including phenoxy) is 1. The molecule has 3 heterocycles. The molecule has 152 valence electrons. The number of benzene rings is 1. The Bertz CT molecular complexity index is 832. The molecule has 0 bridgehead atoms. The SMILES string of the molecule is O=C1CCCN1Cc1ccc(C(=O)N(Cc2cccnc2)CC2CCCO2)cc1. The second-order valence-corrected chi connectivity index (χ2v) is 7.80. The maximum absolute atomic E-state index is 13.2. The lowest BCUT2D eigenvalue weighted by molar-refractivity contribution is -0.128. The molecule has 2 saturated heterocycles. The molecule has 0 N–H and O–H groups in total. The number of amides is 2. The van der Waals surface area contributed by atoms with E-state index in [1.165, 1.54) is 0 Å². The van der Waals surface area contributed by atoms with Crippen LogP contribution in [0.4, 0.5) is 0 Å². The van der Waals surface area contributed by atoms with E-state index in [4.69, 9.17) is 4.74 Å². The summed E-state index contributed by atoms with van der Waals surface area (Å²) in [6.07, 6.45) is 7.23. The monoisotopic (exact) mass is 393 g/mol. The molecule has 2 aliphatic rings. The van der Waals surface area contributed by atoms with E-state index in [0.29, 0.717) is 31.6 Å². The maximum Gasteiger partial charge on any atom is 0.254 e. The van der Waals surface area contributed by atoms with Crippen LogP contribution in [-0.2, 0) is 22.6 Å². The third kappa shape index (κ3) is 5.01. The minimum absolute atomic E-state index is 0.00634. The van der Waals surface area contributed by atoms with Gasteiger partial charge in [0.15, 0.2) is 0 Å². The standard InChI is InChI=1S/C23H27N3O3/c27-22-6-2-12-25(22)15-18-7-9-20(10-8-18)23(28)26(17-21-5-3-13-29-21)16-19-4-1-11-24-14-19/h1,4,7-11,14,21H,2-3,5-6,12-13,15-17H2. The summed E-state index contributed by atoms with van der Waals surface area (Å²) in [5.41, 5.74) is 2.71. The minimum atomic E-state index is -0.00634. The maximum atomic E-state index is 13.2. The average molecular weight is 393 g/mol. The second kappa shape index (κ2) is 9.18. The van der Waals surface area contributed by atoms with Gasteiger partial charge in [-0.1, -0.05) is 18.2 Å². The lowest BCUT2D eigenvalue weighted by atomic mass is 10.1. The largest absolute Gasteiger partial charge is 0.376 e. The molecule has 0 saturated carbocycles. The van der Waals surface area contributed by atoms with Gasteiger partial charge in [0.25, 0.3) is 5.91 Å². The fraction of sp³-hybridized carbons (Fsp3) is 0.435. The molecule has 0 radical (unpaired) electrons. The molecule has 2 aliphatic heterocycles. The van der Waals surface area contributed by atoms with Crippen molar-refractivity contribution in [3.8, 4) is 0 Å². The van der Waals surface area contributed by atoms with Crippen molar-refractivity contribution in [3.63, 3.8) is 0 Å². The van der Waals surface area contributed by atoms with Crippen LogP contribution < -0.4 is 0 Å². The van der Waals surface area contributed by atoms with Gasteiger partial charge in [0.2, 0.25) is 5.91 Å². The van der Waals surface area contributed by atoms with Gasteiger partial charge >= 0.3 is 0 Å². The predicted molar refractivity (Wildman–Crippen MR) is 109 cm³/mol. The van der Waals surface area contributed by atoms with Gasteiger partial charge in [-0.05, 0) is 48.6 Å². The van der Waals surface area contributed by atoms with Crippen molar-refractivity contribution in [1.29, 1.82) is 0 Å². The lowest BCUT2D eigenvalue weighted by Gasteiger charge is -2.26. The van der Waals surface area contributed by atoms with E-state index in [1.807, 2.05) is 46.2 Å². The quantitative estimate of drug-likeness (QED) is 0.725. The number of carbonyl (C=O) groups excluding carboxylic acids is 2. The summed E-state index contributed by atoms with van der Waals surface area (Å²) in [7, 11) is 0. The molecular weight excluding hydrogens is 366 g/mol. The number of pyridine rings is 1. The second-order valence-electron chi connectivity index (χ2n) is 7.80. The van der Waals surface area contributed by atoms with Crippen LogP contribution in [0.15, 0.2) is 48.8 Å². The van der Waals surface area contributed by atoms with Crippen LogP contribution >= 0.6 is 0 Å². The van der Waals surface area contributed by atoms with Gasteiger partial charge < -0.3 is 14.5 Å². The molecule has 1 unspecified atom stereocenters. The molecule has 2 fully saturated rings. The topological polar surface area (TPSA) is 62.7 Å². The summed E-state index contributed by atoms with van der Waals surface area (Å²) in [5.74, 6) is 0.206. The molecule has 2 amide bonds. The zero-order valence-corrected chi connectivity index (χ0v) is 16.6. The zero-order valence-electron chi connectivity index (χ0n) is 16.6. The fourth-order valence-electron chi connectivity index (χ4n) is 3.99. The van der Waals surface area contributed by atoms with E-state index in [2.05, 4.69) is 4.98 Å². The fourth-order valence-corrected chi connectivity index (χ4v) is 3.99. The van der Waals surface area contributed by atoms with Crippen LogP contribution in [0.1, 0.15) is 47.2 Å². The Morgan fingerprint density at radius 1 is 1.17 bits per heavy atom. The van der Waals surface area contributed by atoms with Crippen molar-refractivity contribution in [2.24, 2.45) is 0 Å². The number of likely N-dealkylation sites (tertiary alicyclic amines) is 1. The third-order valence-electron chi connectivity index (χ3n) is 5.58. The smallest absolute Gasteiger partial charge is 0.254 e. The summed E-state index contributed by atoms with van der Waals surface area (Å²) in [6, 6.07) is 11.5. The van der Waals surface area contributed by atoms with E-state index < -0.39 is 0 Å². The molecule has 1 atom stereocenters. The molecule has 2 aromatic rings. The number of hydrogen-bond acceptors (Lipinski definition) is 4. The first-order valence-electron chi connectivity index (χ1n) is 10.4. The molecule has 29 heavy (non-hydrogen) atoms. The third-order valence-corrected chi connectivity index (χ3v) is 5.58. The highest BCUT2D eigenvalue weighted by Gasteiger charge is 2.24. The summed E-state index contributed by atoms with van der Waals surface area (Å²) in [5, 5.41) is 0. The summed E-state index contributed by atoms with van der Waals surface area (Å²) >= 11 is 0. The van der Waals surface area contributed by atoms with Gasteiger partial charge in [-0.2, -0.15) is 0 Å². The normalized spacial score (nSPS) is 19.0. The molecule has 1 aromatic carbocycles. The number of carbonyl (C=O) groups is 2. The van der Waals surface area contributed by atoms with E-state index >= 15 is 0 Å². The highest BCUT2D eigenvalue weighted by Crippen LogP contribution is 2.19. The van der Waals surface area contributed by atoms with Gasteiger partial charge in [-0.25, -0.2) is 0 Å². The Morgan fingerprint density at radius 2 is 2.03 bits per heavy atom. The highest BCUT2D eigenvalue weighted by molar-refractivity contribution is 5.94. The molecule has 0 aliphatic carbocycles. The van der Waals surface area contributed by atoms with Gasteiger partial charge in [-0.3, -0.25) is 14.6 Å². The zero-order chi connectivity index (χ0) is 20.1. The van der Waals surface area contributed by atoms with Crippen LogP contribution in [0, 0.1) is 0 Å².